The molecular formula is C27H24NO6-. The number of nitrogens with one attached hydrogen (secondary N) is 1. The number of hydrogen-bond donors (Lipinski definition) is 1. The normalized spacial score (nSPS) is 14.1. The highest BCUT2D eigenvalue weighted by atomic mass is 16.4. The molecule has 4 aromatic rings. The summed E-state index contributed by atoms with van der Waals surface area (Å²) in [5.74, 6) is -0.876. The van der Waals surface area contributed by atoms with Crippen LogP contribution < -0.4 is 16.0 Å². The van der Waals surface area contributed by atoms with Gasteiger partial charge in [0, 0.05) is 40.8 Å². The van der Waals surface area contributed by atoms with Gasteiger partial charge in [0.1, 0.15) is 16.9 Å². The summed E-state index contributed by atoms with van der Waals surface area (Å²) in [4.78, 5) is 36.8. The Morgan fingerprint density at radius 3 is 2.53 bits per heavy atom. The fourth-order valence-electron chi connectivity index (χ4n) is 4.83. The van der Waals surface area contributed by atoms with E-state index in [1.165, 1.54) is 5.56 Å². The topological polar surface area (TPSA) is 113 Å². The Kier molecular flexibility index (Phi) is 5.69. The van der Waals surface area contributed by atoms with Gasteiger partial charge in [-0.3, -0.25) is 4.79 Å². The number of carboxylic acid groups (broad SMARTS) is 1. The molecule has 0 aliphatic heterocycles. The molecule has 1 atom stereocenters. The molecule has 0 saturated heterocycles. The summed E-state index contributed by atoms with van der Waals surface area (Å²) in [5.41, 5.74) is 3.48. The van der Waals surface area contributed by atoms with Crippen molar-refractivity contribution in [2.45, 2.75) is 51.5 Å². The van der Waals surface area contributed by atoms with E-state index in [0.29, 0.717) is 16.7 Å². The maximum Gasteiger partial charge on any atom is 0.339 e. The molecule has 2 aromatic carbocycles. The van der Waals surface area contributed by atoms with Crippen LogP contribution in [0.3, 0.4) is 0 Å². The van der Waals surface area contributed by atoms with Crippen LogP contribution >= 0.6 is 0 Å². The monoisotopic (exact) mass is 458 g/mol. The molecule has 34 heavy (non-hydrogen) atoms. The largest absolute Gasteiger partial charge is 0.548 e. The molecule has 7 heteroatoms. The number of furan rings is 1. The Hall–Kier alpha value is -3.87. The lowest BCUT2D eigenvalue weighted by atomic mass is 9.94. The van der Waals surface area contributed by atoms with E-state index in [9.17, 15) is 19.5 Å². The standard InChI is InChI=1S/C27H25NO6/c1-15-17(11-12-24(29)28-25(26(30)31)16-7-3-2-4-8-16)27(32)34-22-14-23-20(13-19(15)22)18-9-5-6-10-21(18)33-23/h2-4,7-8,13-14,25H,5-6,9-12H2,1H3,(H,28,29)(H,30,31)/p-1/t25-/m0/s1. The van der Waals surface area contributed by atoms with Crippen LogP contribution in [0, 0.1) is 6.92 Å². The first kappa shape index (κ1) is 21.9. The third-order valence-electron chi connectivity index (χ3n) is 6.64. The summed E-state index contributed by atoms with van der Waals surface area (Å²) in [7, 11) is 0. The molecule has 0 saturated carbocycles. The van der Waals surface area contributed by atoms with Crippen molar-refractivity contribution in [1.29, 1.82) is 0 Å². The lowest BCUT2D eigenvalue weighted by molar-refractivity contribution is -0.308. The Labute approximate surface area is 195 Å². The smallest absolute Gasteiger partial charge is 0.339 e. The zero-order valence-corrected chi connectivity index (χ0v) is 18.8. The lowest BCUT2D eigenvalue weighted by Crippen LogP contribution is -2.41. The summed E-state index contributed by atoms with van der Waals surface area (Å²) >= 11 is 0. The number of carbonyl (C=O) groups excluding carboxylic acids is 2. The van der Waals surface area contributed by atoms with E-state index in [1.54, 1.807) is 36.4 Å². The van der Waals surface area contributed by atoms with Gasteiger partial charge in [0.15, 0.2) is 0 Å². The van der Waals surface area contributed by atoms with Crippen LogP contribution in [0.1, 0.15) is 53.3 Å². The van der Waals surface area contributed by atoms with Gasteiger partial charge >= 0.3 is 5.63 Å². The minimum Gasteiger partial charge on any atom is -0.548 e. The van der Waals surface area contributed by atoms with Crippen molar-refractivity contribution in [3.63, 3.8) is 0 Å². The highest BCUT2D eigenvalue weighted by Crippen LogP contribution is 2.35. The minimum atomic E-state index is -1.39. The highest BCUT2D eigenvalue weighted by Gasteiger charge is 2.21. The first-order valence-electron chi connectivity index (χ1n) is 11.5. The fourth-order valence-corrected chi connectivity index (χ4v) is 4.83. The van der Waals surface area contributed by atoms with Crippen LogP contribution in [0.2, 0.25) is 0 Å². The summed E-state index contributed by atoms with van der Waals surface area (Å²) in [6.45, 7) is 1.85. The third kappa shape index (κ3) is 3.98. The zero-order valence-electron chi connectivity index (χ0n) is 18.8. The van der Waals surface area contributed by atoms with E-state index in [2.05, 4.69) is 5.32 Å². The second-order valence-corrected chi connectivity index (χ2v) is 8.78. The maximum absolute atomic E-state index is 12.7. The van der Waals surface area contributed by atoms with Crippen molar-refractivity contribution in [2.75, 3.05) is 0 Å². The van der Waals surface area contributed by atoms with Gasteiger partial charge in [0.25, 0.3) is 0 Å². The van der Waals surface area contributed by atoms with Crippen LogP contribution in [-0.4, -0.2) is 11.9 Å². The van der Waals surface area contributed by atoms with E-state index in [4.69, 9.17) is 8.83 Å². The van der Waals surface area contributed by atoms with Gasteiger partial charge in [0.2, 0.25) is 5.91 Å². The van der Waals surface area contributed by atoms with Crippen LogP contribution in [0.15, 0.2) is 56.1 Å². The molecule has 1 amide bonds. The Morgan fingerprint density at radius 1 is 1.03 bits per heavy atom. The quantitative estimate of drug-likeness (QED) is 0.444. The van der Waals surface area contributed by atoms with Crippen LogP contribution in [-0.2, 0) is 28.9 Å². The predicted octanol–water partition coefficient (Wildman–Crippen LogP) is 3.27. The molecule has 0 fully saturated rings. The number of hydrogen-bond acceptors (Lipinski definition) is 6. The number of benzene rings is 2. The van der Waals surface area contributed by atoms with Gasteiger partial charge in [-0.25, -0.2) is 4.79 Å². The van der Waals surface area contributed by atoms with Crippen molar-refractivity contribution in [1.82, 2.24) is 5.32 Å². The molecule has 0 bridgehead atoms. The fraction of sp³-hybridized carbons (Fsp3) is 0.296. The summed E-state index contributed by atoms with van der Waals surface area (Å²) in [6.07, 6.45) is 4.19. The van der Waals surface area contributed by atoms with Crippen molar-refractivity contribution in [3.8, 4) is 0 Å². The molecule has 2 aromatic heterocycles. The molecule has 0 unspecified atom stereocenters. The number of aryl methyl sites for hydroxylation is 3. The minimum absolute atomic E-state index is 0.0585. The molecule has 7 nitrogen and oxygen atoms in total. The molecule has 174 valence electrons. The zero-order chi connectivity index (χ0) is 23.8. The van der Waals surface area contributed by atoms with Crippen molar-refractivity contribution in [2.24, 2.45) is 0 Å². The molecular weight excluding hydrogens is 434 g/mol. The second kappa shape index (κ2) is 8.82. The van der Waals surface area contributed by atoms with Gasteiger partial charge in [-0.15, -0.1) is 0 Å². The van der Waals surface area contributed by atoms with E-state index >= 15 is 0 Å². The molecule has 1 N–H and O–H groups in total. The molecule has 2 heterocycles. The number of fused-ring (bicyclic) bond motifs is 4. The lowest BCUT2D eigenvalue weighted by Gasteiger charge is -2.20. The van der Waals surface area contributed by atoms with E-state index < -0.39 is 23.5 Å². The Balaban J connectivity index is 1.41. The molecule has 0 radical (unpaired) electrons. The molecule has 1 aliphatic carbocycles. The van der Waals surface area contributed by atoms with Gasteiger partial charge in [0.05, 0.1) is 12.0 Å². The first-order chi connectivity index (χ1) is 16.4. The SMILES string of the molecule is Cc1c(CCC(=O)N[C@H](C(=O)[O-])c2ccccc2)c(=O)oc2cc3oc4c(c3cc12)CCCC4. The number of rotatable bonds is 6. The van der Waals surface area contributed by atoms with Gasteiger partial charge < -0.3 is 24.1 Å². The summed E-state index contributed by atoms with van der Waals surface area (Å²) < 4.78 is 11.6. The highest BCUT2D eigenvalue weighted by molar-refractivity contribution is 5.97. The number of carboxylic acids is 1. The predicted molar refractivity (Wildman–Crippen MR) is 124 cm³/mol. The average molecular weight is 458 g/mol. The molecule has 5 rings (SSSR count). The van der Waals surface area contributed by atoms with Crippen molar-refractivity contribution >= 4 is 33.8 Å². The second-order valence-electron chi connectivity index (χ2n) is 8.78. The van der Waals surface area contributed by atoms with E-state index in [1.807, 2.05) is 13.0 Å². The number of aliphatic carboxylic acids is 1. The van der Waals surface area contributed by atoms with Crippen LogP contribution in [0.25, 0.3) is 21.9 Å². The van der Waals surface area contributed by atoms with Crippen LogP contribution in [0.4, 0.5) is 0 Å². The average Bonchev–Trinajstić information content (AvgIpc) is 3.19. The van der Waals surface area contributed by atoms with Crippen molar-refractivity contribution < 1.29 is 23.5 Å². The molecule has 1 aliphatic rings. The Morgan fingerprint density at radius 2 is 1.76 bits per heavy atom. The van der Waals surface area contributed by atoms with E-state index in [-0.39, 0.29) is 12.8 Å². The number of carbonyl (C=O) groups is 2. The number of amides is 1. The van der Waals surface area contributed by atoms with Gasteiger partial charge in [-0.2, -0.15) is 0 Å². The van der Waals surface area contributed by atoms with Gasteiger partial charge in [-0.1, -0.05) is 30.3 Å². The summed E-state index contributed by atoms with van der Waals surface area (Å²) in [6, 6.07) is 10.9. The summed E-state index contributed by atoms with van der Waals surface area (Å²) in [5, 5.41) is 15.9. The van der Waals surface area contributed by atoms with Crippen molar-refractivity contribution in [3.05, 3.63) is 80.9 Å². The van der Waals surface area contributed by atoms with Crippen LogP contribution in [0.5, 0.6) is 0 Å². The van der Waals surface area contributed by atoms with Gasteiger partial charge in [-0.05, 0) is 49.8 Å². The maximum atomic E-state index is 12.7. The molecule has 0 spiro atoms. The third-order valence-corrected chi connectivity index (χ3v) is 6.64. The van der Waals surface area contributed by atoms with E-state index in [0.717, 1.165) is 53.4 Å². The Bertz CT molecular complexity index is 1460. The first-order valence-corrected chi connectivity index (χ1v) is 11.5.